The molecule has 3 aromatic rings. The summed E-state index contributed by atoms with van der Waals surface area (Å²) < 4.78 is 25.8. The molecule has 0 saturated heterocycles. The molecule has 2 heterocycles. The second-order valence-electron chi connectivity index (χ2n) is 9.79. The number of thiophene rings is 1. The van der Waals surface area contributed by atoms with Crippen molar-refractivity contribution in [1.82, 2.24) is 20.1 Å². The third kappa shape index (κ3) is 7.99. The smallest absolute Gasteiger partial charge is 0.348 e. The summed E-state index contributed by atoms with van der Waals surface area (Å²) in [4.78, 5) is 51.1. The number of nitrogens with one attached hydrogen (secondary N) is 2. The number of esters is 2. The van der Waals surface area contributed by atoms with E-state index in [1.54, 1.807) is 20.8 Å². The fourth-order valence-corrected chi connectivity index (χ4v) is 6.79. The highest BCUT2D eigenvalue weighted by molar-refractivity contribution is 7.99. The van der Waals surface area contributed by atoms with E-state index in [1.165, 1.54) is 36.0 Å². The Labute approximate surface area is 256 Å². The molecule has 1 saturated carbocycles. The van der Waals surface area contributed by atoms with Crippen molar-refractivity contribution < 1.29 is 33.0 Å². The average Bonchev–Trinajstić information content (AvgIpc) is 3.55. The van der Waals surface area contributed by atoms with Crippen LogP contribution in [0.25, 0.3) is 0 Å². The third-order valence-corrected chi connectivity index (χ3v) is 8.97. The Kier molecular flexibility index (Phi) is 11.3. The molecule has 14 heteroatoms. The molecule has 0 radical (unpaired) electrons. The first-order valence-corrected chi connectivity index (χ1v) is 15.9. The second kappa shape index (κ2) is 15.1. The van der Waals surface area contributed by atoms with Crippen molar-refractivity contribution in [1.29, 1.82) is 0 Å². The number of amides is 2. The number of carbonyl (C=O) groups excluding carboxylic acids is 4. The molecule has 43 heavy (non-hydrogen) atoms. The maximum absolute atomic E-state index is 13.6. The van der Waals surface area contributed by atoms with Crippen LogP contribution in [0.15, 0.2) is 29.4 Å². The Morgan fingerprint density at radius 1 is 1.07 bits per heavy atom. The van der Waals surface area contributed by atoms with Crippen molar-refractivity contribution in [3.63, 3.8) is 0 Å². The molecule has 230 valence electrons. The molecular weight excluding hydrogens is 597 g/mol. The van der Waals surface area contributed by atoms with Crippen LogP contribution in [0.3, 0.4) is 0 Å². The van der Waals surface area contributed by atoms with Crippen LogP contribution in [0.1, 0.15) is 93.8 Å². The molecule has 4 rings (SSSR count). The van der Waals surface area contributed by atoms with Crippen LogP contribution in [0.5, 0.6) is 0 Å². The zero-order chi connectivity index (χ0) is 30.9. The van der Waals surface area contributed by atoms with Gasteiger partial charge in [-0.1, -0.05) is 37.1 Å². The van der Waals surface area contributed by atoms with Crippen molar-refractivity contribution in [3.05, 3.63) is 57.5 Å². The molecule has 11 nitrogen and oxygen atoms in total. The van der Waals surface area contributed by atoms with E-state index >= 15 is 0 Å². The van der Waals surface area contributed by atoms with Crippen molar-refractivity contribution in [2.75, 3.05) is 24.3 Å². The number of halogens is 1. The zero-order valence-corrected chi connectivity index (χ0v) is 25.9. The lowest BCUT2D eigenvalue weighted by atomic mass is 9.95. The van der Waals surface area contributed by atoms with Gasteiger partial charge in [-0.3, -0.25) is 9.59 Å². The lowest BCUT2D eigenvalue weighted by Crippen LogP contribution is -2.26. The topological polar surface area (TPSA) is 142 Å². The Balaban J connectivity index is 1.49. The van der Waals surface area contributed by atoms with Gasteiger partial charge in [0.1, 0.15) is 15.7 Å². The summed E-state index contributed by atoms with van der Waals surface area (Å²) >= 11 is 2.15. The highest BCUT2D eigenvalue weighted by Crippen LogP contribution is 2.35. The van der Waals surface area contributed by atoms with Gasteiger partial charge in [0.15, 0.2) is 11.0 Å². The van der Waals surface area contributed by atoms with E-state index in [0.29, 0.717) is 16.5 Å². The number of ether oxygens (including phenoxy) is 2. The minimum Gasteiger partial charge on any atom is -0.462 e. The minimum absolute atomic E-state index is 0.0472. The standard InChI is InChI=1S/C29H34FN5O6S2/c1-4-40-27(38)23-17(3)24(28(39)41-5-2)43-26(23)32-22(36)16-42-29-34-33-21(35(29)20-12-7-6-8-13-20)15-31-25(37)18-10-9-11-19(30)14-18/h9-11,14,20H,4-8,12-13,15-16H2,1-3H3,(H,31,37)(H,32,36). The molecule has 2 aromatic heterocycles. The first-order valence-electron chi connectivity index (χ1n) is 14.1. The lowest BCUT2D eigenvalue weighted by Gasteiger charge is -2.25. The van der Waals surface area contributed by atoms with Crippen molar-refractivity contribution in [2.24, 2.45) is 0 Å². The van der Waals surface area contributed by atoms with Crippen molar-refractivity contribution >= 4 is 51.9 Å². The molecule has 0 unspecified atom stereocenters. The van der Waals surface area contributed by atoms with Gasteiger partial charge in [-0.25, -0.2) is 14.0 Å². The molecule has 1 aliphatic carbocycles. The van der Waals surface area contributed by atoms with E-state index in [1.807, 2.05) is 4.57 Å². The summed E-state index contributed by atoms with van der Waals surface area (Å²) in [6, 6.07) is 5.55. The number of thioether (sulfide) groups is 1. The number of benzene rings is 1. The molecule has 1 fully saturated rings. The van der Waals surface area contributed by atoms with E-state index in [2.05, 4.69) is 20.8 Å². The Morgan fingerprint density at radius 3 is 2.49 bits per heavy atom. The maximum Gasteiger partial charge on any atom is 0.348 e. The summed E-state index contributed by atoms with van der Waals surface area (Å²) in [5, 5.41) is 14.9. The number of aromatic nitrogens is 3. The van der Waals surface area contributed by atoms with E-state index in [-0.39, 0.29) is 52.6 Å². The van der Waals surface area contributed by atoms with Gasteiger partial charge in [0.2, 0.25) is 5.91 Å². The molecule has 0 spiro atoms. The van der Waals surface area contributed by atoms with Crippen LogP contribution < -0.4 is 10.6 Å². The number of anilines is 1. The Morgan fingerprint density at radius 2 is 1.79 bits per heavy atom. The van der Waals surface area contributed by atoms with Gasteiger partial charge in [0.05, 0.1) is 31.1 Å². The third-order valence-electron chi connectivity index (χ3n) is 6.84. The average molecular weight is 632 g/mol. The normalized spacial score (nSPS) is 13.4. The van der Waals surface area contributed by atoms with Gasteiger partial charge >= 0.3 is 11.9 Å². The quantitative estimate of drug-likeness (QED) is 0.201. The summed E-state index contributed by atoms with van der Waals surface area (Å²) in [5.74, 6) is -2.08. The number of carbonyl (C=O) groups is 4. The predicted octanol–water partition coefficient (Wildman–Crippen LogP) is 5.31. The van der Waals surface area contributed by atoms with Gasteiger partial charge in [0.25, 0.3) is 5.91 Å². The van der Waals surface area contributed by atoms with Gasteiger partial charge in [0, 0.05) is 11.6 Å². The molecule has 1 aliphatic rings. The Hall–Kier alpha value is -3.78. The summed E-state index contributed by atoms with van der Waals surface area (Å²) in [6.07, 6.45) is 5.04. The first kappa shape index (κ1) is 32.1. The van der Waals surface area contributed by atoms with Crippen LogP contribution in [-0.4, -0.2) is 57.5 Å². The monoisotopic (exact) mass is 631 g/mol. The van der Waals surface area contributed by atoms with Crippen molar-refractivity contribution in [3.8, 4) is 0 Å². The minimum atomic E-state index is -0.642. The molecular formula is C29H34FN5O6S2. The molecule has 0 atom stereocenters. The first-order chi connectivity index (χ1) is 20.7. The van der Waals surface area contributed by atoms with Crippen LogP contribution in [0, 0.1) is 12.7 Å². The van der Waals surface area contributed by atoms with Crippen LogP contribution >= 0.6 is 23.1 Å². The fraction of sp³-hybridized carbons (Fsp3) is 0.448. The Bertz CT molecular complexity index is 1480. The molecule has 2 N–H and O–H groups in total. The zero-order valence-electron chi connectivity index (χ0n) is 24.2. The van der Waals surface area contributed by atoms with Crippen LogP contribution in [-0.2, 0) is 20.8 Å². The summed E-state index contributed by atoms with van der Waals surface area (Å²) in [5.41, 5.74) is 0.703. The SMILES string of the molecule is CCOC(=O)c1sc(NC(=O)CSc2nnc(CNC(=O)c3cccc(F)c3)n2C2CCCCC2)c(C(=O)OCC)c1C. The summed E-state index contributed by atoms with van der Waals surface area (Å²) in [6.45, 7) is 5.35. The van der Waals surface area contributed by atoms with Gasteiger partial charge in [-0.2, -0.15) is 0 Å². The predicted molar refractivity (Wildman–Crippen MR) is 160 cm³/mol. The van der Waals surface area contributed by atoms with Crippen LogP contribution in [0.2, 0.25) is 0 Å². The maximum atomic E-state index is 13.6. The lowest BCUT2D eigenvalue weighted by molar-refractivity contribution is -0.113. The molecule has 1 aromatic carbocycles. The molecule has 2 amide bonds. The number of hydrogen-bond donors (Lipinski definition) is 2. The van der Waals surface area contributed by atoms with Gasteiger partial charge in [-0.15, -0.1) is 21.5 Å². The van der Waals surface area contributed by atoms with E-state index < -0.39 is 29.6 Å². The second-order valence-corrected chi connectivity index (χ2v) is 11.8. The van der Waals surface area contributed by atoms with Gasteiger partial charge in [-0.05, 0) is 57.4 Å². The fourth-order valence-electron chi connectivity index (χ4n) is 4.86. The van der Waals surface area contributed by atoms with Crippen molar-refractivity contribution in [2.45, 2.75) is 70.6 Å². The van der Waals surface area contributed by atoms with E-state index in [9.17, 15) is 23.6 Å². The van der Waals surface area contributed by atoms with E-state index in [0.717, 1.165) is 43.4 Å². The van der Waals surface area contributed by atoms with E-state index in [4.69, 9.17) is 9.47 Å². The molecule has 0 bridgehead atoms. The van der Waals surface area contributed by atoms with Crippen LogP contribution in [0.4, 0.5) is 9.39 Å². The molecule has 0 aliphatic heterocycles. The highest BCUT2D eigenvalue weighted by Gasteiger charge is 2.28. The number of hydrogen-bond acceptors (Lipinski definition) is 10. The largest absolute Gasteiger partial charge is 0.462 e. The number of nitrogens with zero attached hydrogens (tertiary/aromatic N) is 3. The number of rotatable bonds is 12. The highest BCUT2D eigenvalue weighted by atomic mass is 32.2. The summed E-state index contributed by atoms with van der Waals surface area (Å²) in [7, 11) is 0. The van der Waals surface area contributed by atoms with Gasteiger partial charge < -0.3 is 24.7 Å².